The number of methoxy groups -OCH3 is 1. The Morgan fingerprint density at radius 3 is 2.35 bits per heavy atom. The topological polar surface area (TPSA) is 132 Å². The first-order valence-corrected chi connectivity index (χ1v) is 18.8. The van der Waals surface area contributed by atoms with E-state index in [4.69, 9.17) is 31.5 Å². The van der Waals surface area contributed by atoms with Crippen molar-refractivity contribution in [1.82, 2.24) is 15.5 Å². The zero-order valence-corrected chi connectivity index (χ0v) is 32.6. The van der Waals surface area contributed by atoms with E-state index in [9.17, 15) is 14.4 Å². The van der Waals surface area contributed by atoms with Gasteiger partial charge in [0, 0.05) is 67.3 Å². The molecular weight excluding hydrogens is 718 g/mol. The Bertz CT molecular complexity index is 1850. The molecule has 4 N–H and O–H groups in total. The quantitative estimate of drug-likeness (QED) is 0.152. The molecule has 0 radical (unpaired) electrons. The molecule has 5 rings (SSSR count). The van der Waals surface area contributed by atoms with E-state index in [1.165, 1.54) is 25.3 Å². The van der Waals surface area contributed by atoms with Gasteiger partial charge in [-0.25, -0.2) is 13.6 Å². The molecule has 10 nitrogen and oxygen atoms in total. The second kappa shape index (κ2) is 16.9. The number of fused-ring (bicyclic) bond motifs is 1. The van der Waals surface area contributed by atoms with Crippen molar-refractivity contribution in [2.24, 2.45) is 11.7 Å². The Balaban J connectivity index is 1.29. The van der Waals surface area contributed by atoms with Gasteiger partial charge in [-0.05, 0) is 77.0 Å². The molecule has 3 aromatic carbocycles. The third-order valence-corrected chi connectivity index (χ3v) is 10.8. The summed E-state index contributed by atoms with van der Waals surface area (Å²) in [6, 6.07) is 13.4. The number of hydrogen-bond donors (Lipinski definition) is 3. The van der Waals surface area contributed by atoms with Gasteiger partial charge >= 0.3 is 6.09 Å². The summed E-state index contributed by atoms with van der Waals surface area (Å²) in [5, 5.41) is 6.08. The lowest BCUT2D eigenvalue weighted by Gasteiger charge is -2.37. The number of primary amides is 1. The molecule has 1 fully saturated rings. The number of carbonyl (C=O) groups is 3. The molecule has 292 valence electrons. The SMILES string of the molecule is COc1ccc(C(N)=O)c(-c2c(Cl)c(F)cc3c2[C@H](C)[C@@](CNC2CCC(C(=O)N(C)CCCCNC(=O)OC(C)(C)C)CC2)(c2ccccc2)O3)c1F. The number of carbonyl (C=O) groups excluding carboxylic acids is 3. The van der Waals surface area contributed by atoms with Gasteiger partial charge < -0.3 is 35.5 Å². The van der Waals surface area contributed by atoms with Crippen molar-refractivity contribution in [2.75, 3.05) is 33.8 Å². The number of rotatable bonds is 13. The van der Waals surface area contributed by atoms with E-state index in [1.54, 1.807) is 4.90 Å². The number of unbranched alkanes of at least 4 members (excludes halogenated alkanes) is 1. The number of nitrogens with zero attached hydrogens (tertiary/aromatic N) is 1. The maximum Gasteiger partial charge on any atom is 0.407 e. The van der Waals surface area contributed by atoms with Crippen LogP contribution in [0, 0.1) is 17.6 Å². The van der Waals surface area contributed by atoms with Gasteiger partial charge in [-0.2, -0.15) is 0 Å². The second-order valence-corrected chi connectivity index (χ2v) is 15.6. The predicted octanol–water partition coefficient (Wildman–Crippen LogP) is 7.70. The van der Waals surface area contributed by atoms with E-state index in [-0.39, 0.29) is 51.1 Å². The molecule has 2 atom stereocenters. The smallest absolute Gasteiger partial charge is 0.407 e. The molecule has 0 aromatic heterocycles. The Kier molecular flexibility index (Phi) is 12.8. The van der Waals surface area contributed by atoms with Crippen LogP contribution < -0.4 is 25.8 Å². The van der Waals surface area contributed by atoms with Crippen molar-refractivity contribution in [3.8, 4) is 22.6 Å². The summed E-state index contributed by atoms with van der Waals surface area (Å²) in [6.45, 7) is 8.74. The van der Waals surface area contributed by atoms with Crippen LogP contribution in [0.2, 0.25) is 5.02 Å². The number of nitrogens with one attached hydrogen (secondary N) is 2. The highest BCUT2D eigenvalue weighted by atomic mass is 35.5. The van der Waals surface area contributed by atoms with Gasteiger partial charge in [0.1, 0.15) is 17.2 Å². The zero-order chi connectivity index (χ0) is 39.4. The summed E-state index contributed by atoms with van der Waals surface area (Å²) in [4.78, 5) is 39.6. The van der Waals surface area contributed by atoms with Crippen LogP contribution in [0.4, 0.5) is 13.6 Å². The molecule has 3 aromatic rings. The summed E-state index contributed by atoms with van der Waals surface area (Å²) >= 11 is 6.64. The van der Waals surface area contributed by atoms with Crippen molar-refractivity contribution < 1.29 is 37.4 Å². The van der Waals surface area contributed by atoms with E-state index >= 15 is 8.78 Å². The van der Waals surface area contributed by atoms with Gasteiger partial charge in [-0.3, -0.25) is 9.59 Å². The number of amides is 3. The number of hydrogen-bond acceptors (Lipinski definition) is 7. The van der Waals surface area contributed by atoms with E-state index in [2.05, 4.69) is 10.6 Å². The molecule has 2 aliphatic rings. The van der Waals surface area contributed by atoms with Crippen LogP contribution in [0.25, 0.3) is 11.1 Å². The van der Waals surface area contributed by atoms with Gasteiger partial charge in [0.25, 0.3) is 0 Å². The molecule has 1 saturated carbocycles. The normalized spacial score (nSPS) is 20.8. The fourth-order valence-electron chi connectivity index (χ4n) is 7.62. The molecule has 1 aliphatic heterocycles. The number of alkyl carbamates (subject to hydrolysis) is 1. The van der Waals surface area contributed by atoms with Crippen molar-refractivity contribution >= 4 is 29.5 Å². The Morgan fingerprint density at radius 2 is 1.72 bits per heavy atom. The van der Waals surface area contributed by atoms with Crippen LogP contribution in [0.3, 0.4) is 0 Å². The predicted molar refractivity (Wildman–Crippen MR) is 204 cm³/mol. The van der Waals surface area contributed by atoms with Crippen molar-refractivity contribution in [3.05, 3.63) is 81.9 Å². The van der Waals surface area contributed by atoms with Crippen LogP contribution in [0.15, 0.2) is 48.5 Å². The maximum absolute atomic E-state index is 16.1. The van der Waals surface area contributed by atoms with Crippen LogP contribution in [0.5, 0.6) is 11.5 Å². The summed E-state index contributed by atoms with van der Waals surface area (Å²) in [5.74, 6) is -3.09. The lowest BCUT2D eigenvalue weighted by atomic mass is 9.77. The fraction of sp³-hybridized carbons (Fsp3) is 0.488. The number of halogens is 3. The molecule has 54 heavy (non-hydrogen) atoms. The highest BCUT2D eigenvalue weighted by Gasteiger charge is 2.50. The van der Waals surface area contributed by atoms with Gasteiger partial charge in [0.2, 0.25) is 11.8 Å². The first-order valence-electron chi connectivity index (χ1n) is 18.5. The molecule has 0 spiro atoms. The summed E-state index contributed by atoms with van der Waals surface area (Å²) in [6.07, 6.45) is 3.98. The van der Waals surface area contributed by atoms with E-state index < -0.39 is 40.8 Å². The van der Waals surface area contributed by atoms with Crippen LogP contribution in [0.1, 0.15) is 93.6 Å². The average Bonchev–Trinajstić information content (AvgIpc) is 3.41. The third-order valence-electron chi connectivity index (χ3n) is 10.4. The molecule has 0 unspecified atom stereocenters. The lowest BCUT2D eigenvalue weighted by molar-refractivity contribution is -0.135. The molecular formula is C41H51ClF2N4O6. The minimum absolute atomic E-state index is 0.00961. The highest BCUT2D eigenvalue weighted by molar-refractivity contribution is 6.34. The van der Waals surface area contributed by atoms with E-state index in [1.807, 2.05) is 65.1 Å². The summed E-state index contributed by atoms with van der Waals surface area (Å²) in [7, 11) is 3.11. The summed E-state index contributed by atoms with van der Waals surface area (Å²) < 4.78 is 48.9. The molecule has 0 bridgehead atoms. The minimum atomic E-state index is -1.07. The molecule has 1 aliphatic carbocycles. The molecule has 13 heteroatoms. The average molecular weight is 769 g/mol. The Labute approximate surface area is 321 Å². The first-order chi connectivity index (χ1) is 25.6. The minimum Gasteiger partial charge on any atom is -0.494 e. The standard InChI is InChI=1S/C41H51ClF2N4O6/c1-24-32-31(22-29(43)35(42)34(32)33-28(37(45)49)18-19-30(52-6)36(33)44)53-41(24,26-12-8-7-9-13-26)23-47-27-16-14-25(15-17-27)38(50)48(5)21-11-10-20-46-39(51)54-40(2,3)4/h7-9,12-13,18-19,22,24-25,27,47H,10-11,14-17,20-21,23H2,1-6H3,(H2,45,49)(H,46,51)/t24-,25?,27?,41-/m0/s1. The van der Waals surface area contributed by atoms with Gasteiger partial charge in [0.05, 0.1) is 17.7 Å². The monoisotopic (exact) mass is 768 g/mol. The first kappa shape index (κ1) is 40.8. The van der Waals surface area contributed by atoms with E-state index in [0.29, 0.717) is 38.0 Å². The molecule has 1 heterocycles. The van der Waals surface area contributed by atoms with Crippen LogP contribution in [-0.2, 0) is 15.1 Å². The second-order valence-electron chi connectivity index (χ2n) is 15.2. The maximum atomic E-state index is 16.1. The van der Waals surface area contributed by atoms with E-state index in [0.717, 1.165) is 31.2 Å². The summed E-state index contributed by atoms with van der Waals surface area (Å²) in [5.41, 5.74) is 4.90. The van der Waals surface area contributed by atoms with Crippen molar-refractivity contribution in [2.45, 2.75) is 89.4 Å². The highest BCUT2D eigenvalue weighted by Crippen LogP contribution is 2.56. The Morgan fingerprint density at radius 1 is 1.04 bits per heavy atom. The van der Waals surface area contributed by atoms with Crippen molar-refractivity contribution in [1.29, 1.82) is 0 Å². The number of nitrogens with two attached hydrogens (primary N) is 1. The van der Waals surface area contributed by atoms with Gasteiger partial charge in [-0.15, -0.1) is 0 Å². The third kappa shape index (κ3) is 8.76. The Hall–Kier alpha value is -4.42. The zero-order valence-electron chi connectivity index (χ0n) is 31.8. The largest absolute Gasteiger partial charge is 0.494 e. The molecule has 3 amide bonds. The number of benzene rings is 3. The van der Waals surface area contributed by atoms with Crippen LogP contribution >= 0.6 is 11.6 Å². The van der Waals surface area contributed by atoms with Gasteiger partial charge in [-0.1, -0.05) is 48.9 Å². The van der Waals surface area contributed by atoms with Crippen molar-refractivity contribution in [3.63, 3.8) is 0 Å². The number of ether oxygens (including phenoxy) is 3. The lowest BCUT2D eigenvalue weighted by Crippen LogP contribution is -2.48. The van der Waals surface area contributed by atoms with Crippen LogP contribution in [-0.4, -0.2) is 68.2 Å². The van der Waals surface area contributed by atoms with Gasteiger partial charge in [0.15, 0.2) is 17.2 Å². The molecule has 0 saturated heterocycles. The fourth-order valence-corrected chi connectivity index (χ4v) is 7.87.